The van der Waals surface area contributed by atoms with Gasteiger partial charge in [-0.15, -0.1) is 0 Å². The Kier molecular flexibility index (Phi) is 3.46. The number of aliphatic hydroxyl groups is 1. The third-order valence-corrected chi connectivity index (χ3v) is 4.43. The number of rotatable bonds is 1. The van der Waals surface area contributed by atoms with Gasteiger partial charge >= 0.3 is 0 Å². The van der Waals surface area contributed by atoms with Crippen LogP contribution >= 0.6 is 0 Å². The smallest absolute Gasteiger partial charge is 0.126 e. The molecule has 2 aliphatic rings. The van der Waals surface area contributed by atoms with Crippen LogP contribution in [0.15, 0.2) is 18.2 Å². The van der Waals surface area contributed by atoms with Gasteiger partial charge < -0.3 is 14.6 Å². The normalized spacial score (nSPS) is 33.0. The van der Waals surface area contributed by atoms with Crippen molar-refractivity contribution in [2.75, 3.05) is 6.61 Å². The molecule has 0 aromatic heterocycles. The Morgan fingerprint density at radius 1 is 1.35 bits per heavy atom. The molecule has 1 N–H and O–H groups in total. The van der Waals surface area contributed by atoms with Gasteiger partial charge in [0.05, 0.1) is 18.8 Å². The predicted molar refractivity (Wildman–Crippen MR) is 73.1 cm³/mol. The minimum absolute atomic E-state index is 0.151. The van der Waals surface area contributed by atoms with Crippen LogP contribution < -0.4 is 4.74 Å². The number of fused-ring (bicyclic) bond motifs is 1. The van der Waals surface area contributed by atoms with E-state index in [1.54, 1.807) is 6.07 Å². The number of hydrogen-bond acceptors (Lipinski definition) is 3. The summed E-state index contributed by atoms with van der Waals surface area (Å²) < 4.78 is 25.2. The fraction of sp³-hybridized carbons (Fsp3) is 0.625. The Balaban J connectivity index is 1.88. The molecule has 0 saturated carbocycles. The highest BCUT2D eigenvalue weighted by atomic mass is 19.1. The topological polar surface area (TPSA) is 38.7 Å². The van der Waals surface area contributed by atoms with E-state index in [0.717, 1.165) is 12.8 Å². The molecule has 3 rings (SSSR count). The molecule has 3 atom stereocenters. The summed E-state index contributed by atoms with van der Waals surface area (Å²) in [6.07, 6.45) is 1.54. The van der Waals surface area contributed by atoms with E-state index in [9.17, 15) is 9.50 Å². The number of hydrogen-bond donors (Lipinski definition) is 1. The first-order valence-corrected chi connectivity index (χ1v) is 7.27. The van der Waals surface area contributed by atoms with E-state index in [-0.39, 0.29) is 17.5 Å². The molecule has 2 unspecified atom stereocenters. The van der Waals surface area contributed by atoms with Crippen molar-refractivity contribution in [3.63, 3.8) is 0 Å². The zero-order valence-corrected chi connectivity index (χ0v) is 11.9. The van der Waals surface area contributed by atoms with Gasteiger partial charge in [-0.2, -0.15) is 0 Å². The molecule has 2 aliphatic heterocycles. The Morgan fingerprint density at radius 2 is 2.15 bits per heavy atom. The molecule has 4 heteroatoms. The lowest BCUT2D eigenvalue weighted by molar-refractivity contribution is -0.127. The molecule has 0 aliphatic carbocycles. The lowest BCUT2D eigenvalue weighted by Gasteiger charge is -2.46. The highest BCUT2D eigenvalue weighted by Gasteiger charge is 2.45. The maximum absolute atomic E-state index is 13.3. The van der Waals surface area contributed by atoms with E-state index in [1.807, 2.05) is 0 Å². The molecule has 2 heterocycles. The fourth-order valence-corrected chi connectivity index (χ4v) is 3.24. The van der Waals surface area contributed by atoms with Crippen LogP contribution in [0.25, 0.3) is 0 Å². The third-order valence-electron chi connectivity index (χ3n) is 4.43. The first kappa shape index (κ1) is 13.8. The average Bonchev–Trinajstić information content (AvgIpc) is 2.40. The number of ether oxygens (including phenoxy) is 2. The molecule has 0 radical (unpaired) electrons. The quantitative estimate of drug-likeness (QED) is 0.858. The van der Waals surface area contributed by atoms with Crippen LogP contribution in [-0.4, -0.2) is 23.4 Å². The van der Waals surface area contributed by atoms with Crippen molar-refractivity contribution in [3.05, 3.63) is 29.6 Å². The maximum atomic E-state index is 13.3. The monoisotopic (exact) mass is 280 g/mol. The highest BCUT2D eigenvalue weighted by Crippen LogP contribution is 2.45. The van der Waals surface area contributed by atoms with Crippen molar-refractivity contribution in [1.82, 2.24) is 0 Å². The third kappa shape index (κ3) is 2.42. The molecular weight excluding hydrogens is 259 g/mol. The summed E-state index contributed by atoms with van der Waals surface area (Å²) in [5.74, 6) is 0.687. The van der Waals surface area contributed by atoms with Gasteiger partial charge in [-0.3, -0.25) is 0 Å². The van der Waals surface area contributed by atoms with E-state index >= 15 is 0 Å². The lowest BCUT2D eigenvalue weighted by Crippen LogP contribution is -2.49. The summed E-state index contributed by atoms with van der Waals surface area (Å²) in [5.41, 5.74) is 0.181. The molecule has 1 aromatic carbocycles. The van der Waals surface area contributed by atoms with Crippen LogP contribution in [0.2, 0.25) is 0 Å². The maximum Gasteiger partial charge on any atom is 0.126 e. The van der Waals surface area contributed by atoms with Gasteiger partial charge in [-0.25, -0.2) is 4.39 Å². The molecule has 1 fully saturated rings. The van der Waals surface area contributed by atoms with Gasteiger partial charge in [0.15, 0.2) is 0 Å². The van der Waals surface area contributed by atoms with E-state index < -0.39 is 6.10 Å². The van der Waals surface area contributed by atoms with Gasteiger partial charge in [0.2, 0.25) is 0 Å². The van der Waals surface area contributed by atoms with Gasteiger partial charge in [-0.05, 0) is 24.1 Å². The molecule has 20 heavy (non-hydrogen) atoms. The van der Waals surface area contributed by atoms with E-state index in [2.05, 4.69) is 13.8 Å². The number of halogens is 1. The van der Waals surface area contributed by atoms with Crippen LogP contribution in [0.1, 0.15) is 44.8 Å². The average molecular weight is 280 g/mol. The number of benzene rings is 1. The van der Waals surface area contributed by atoms with Crippen molar-refractivity contribution in [3.8, 4) is 5.75 Å². The molecule has 1 saturated heterocycles. The van der Waals surface area contributed by atoms with Crippen LogP contribution in [-0.2, 0) is 4.74 Å². The Hall–Kier alpha value is -1.13. The summed E-state index contributed by atoms with van der Waals surface area (Å²) in [6.45, 7) is 4.91. The van der Waals surface area contributed by atoms with Crippen molar-refractivity contribution in [2.45, 2.75) is 50.9 Å². The van der Waals surface area contributed by atoms with E-state index in [1.165, 1.54) is 12.1 Å². The largest absolute Gasteiger partial charge is 0.487 e. The van der Waals surface area contributed by atoms with E-state index in [4.69, 9.17) is 9.47 Å². The second-order valence-electron chi connectivity index (χ2n) is 6.29. The molecule has 0 amide bonds. The van der Waals surface area contributed by atoms with E-state index in [0.29, 0.717) is 30.3 Å². The van der Waals surface area contributed by atoms with Crippen molar-refractivity contribution in [1.29, 1.82) is 0 Å². The first-order chi connectivity index (χ1) is 9.49. The van der Waals surface area contributed by atoms with Gasteiger partial charge in [0.1, 0.15) is 17.2 Å². The Morgan fingerprint density at radius 3 is 2.90 bits per heavy atom. The summed E-state index contributed by atoms with van der Waals surface area (Å²) in [6, 6.07) is 4.37. The van der Waals surface area contributed by atoms with Crippen LogP contribution in [0.5, 0.6) is 5.75 Å². The fourth-order valence-electron chi connectivity index (χ4n) is 3.24. The first-order valence-electron chi connectivity index (χ1n) is 7.27. The van der Waals surface area contributed by atoms with Crippen LogP contribution in [0, 0.1) is 11.7 Å². The predicted octanol–water partition coefficient (Wildman–Crippen LogP) is 3.22. The molecule has 1 spiro atoms. The highest BCUT2D eigenvalue weighted by molar-refractivity contribution is 5.38. The van der Waals surface area contributed by atoms with Gasteiger partial charge in [0, 0.05) is 24.8 Å². The summed E-state index contributed by atoms with van der Waals surface area (Å²) in [4.78, 5) is 0. The molecule has 110 valence electrons. The number of aliphatic hydroxyl groups excluding tert-OH is 1. The summed E-state index contributed by atoms with van der Waals surface area (Å²) in [5, 5.41) is 10.3. The summed E-state index contributed by atoms with van der Waals surface area (Å²) in [7, 11) is 0. The minimum atomic E-state index is -0.666. The minimum Gasteiger partial charge on any atom is -0.487 e. The second kappa shape index (κ2) is 5.01. The van der Waals surface area contributed by atoms with Gasteiger partial charge in [0.25, 0.3) is 0 Å². The molecule has 1 aromatic rings. The standard InChI is InChI=1S/C16H21FO3/c1-10(2)15-9-16(5-6-19-15)8-13(18)12-7-11(17)3-4-14(12)20-16/h3-4,7,10,13,15,18H,5-6,8-9H2,1-2H3/t13-,15?,16?/m0/s1. The molecule has 0 bridgehead atoms. The van der Waals surface area contributed by atoms with Crippen LogP contribution in [0.4, 0.5) is 4.39 Å². The lowest BCUT2D eigenvalue weighted by atomic mass is 9.79. The second-order valence-corrected chi connectivity index (χ2v) is 6.29. The van der Waals surface area contributed by atoms with Gasteiger partial charge in [-0.1, -0.05) is 13.8 Å². The van der Waals surface area contributed by atoms with Crippen molar-refractivity contribution in [2.24, 2.45) is 5.92 Å². The van der Waals surface area contributed by atoms with Crippen molar-refractivity contribution < 1.29 is 19.0 Å². The SMILES string of the molecule is CC(C)C1CC2(CCO1)C[C@H](O)c1cc(F)ccc1O2. The summed E-state index contributed by atoms with van der Waals surface area (Å²) >= 11 is 0. The zero-order chi connectivity index (χ0) is 14.3. The molecular formula is C16H21FO3. The van der Waals surface area contributed by atoms with Crippen LogP contribution in [0.3, 0.4) is 0 Å². The van der Waals surface area contributed by atoms with Crippen molar-refractivity contribution >= 4 is 0 Å². The Labute approximate surface area is 118 Å². The Bertz CT molecular complexity index is 502. The molecule has 3 nitrogen and oxygen atoms in total. The zero-order valence-electron chi connectivity index (χ0n) is 11.9.